The maximum atomic E-state index is 10.8. The lowest BCUT2D eigenvalue weighted by Gasteiger charge is -2.28. The lowest BCUT2D eigenvalue weighted by molar-refractivity contribution is -0.385. The summed E-state index contributed by atoms with van der Waals surface area (Å²) in [7, 11) is 2.02. The average molecular weight is 264 g/mol. The number of aromatic nitrogens is 1. The fourth-order valence-electron chi connectivity index (χ4n) is 2.50. The number of rotatable bonds is 3. The molecule has 0 aromatic carbocycles. The number of anilines is 1. The summed E-state index contributed by atoms with van der Waals surface area (Å²) in [6, 6.07) is 3.73. The first-order valence-electron chi connectivity index (χ1n) is 6.65. The van der Waals surface area contributed by atoms with E-state index < -0.39 is 0 Å². The molecule has 104 valence electrons. The first kappa shape index (κ1) is 13.7. The highest BCUT2D eigenvalue weighted by molar-refractivity contribution is 5.47. The number of nitrogens with one attached hydrogen (secondary N) is 1. The number of hydrogen-bond acceptors (Lipinski definition) is 5. The van der Waals surface area contributed by atoms with Crippen LogP contribution in [0.5, 0.6) is 0 Å². The van der Waals surface area contributed by atoms with Crippen LogP contribution >= 0.6 is 0 Å². The third-order valence-corrected chi connectivity index (χ3v) is 3.69. The van der Waals surface area contributed by atoms with Crippen LogP contribution in [0.1, 0.15) is 25.0 Å². The van der Waals surface area contributed by atoms with Gasteiger partial charge in [-0.3, -0.25) is 10.1 Å². The number of pyridine rings is 1. The van der Waals surface area contributed by atoms with Crippen LogP contribution in [0.4, 0.5) is 11.5 Å². The second kappa shape index (κ2) is 5.97. The van der Waals surface area contributed by atoms with E-state index in [0.29, 0.717) is 11.7 Å². The first-order valence-corrected chi connectivity index (χ1v) is 6.65. The van der Waals surface area contributed by atoms with E-state index in [1.807, 2.05) is 7.05 Å². The Balaban J connectivity index is 2.16. The van der Waals surface area contributed by atoms with Gasteiger partial charge in [0.15, 0.2) is 0 Å². The Morgan fingerprint density at radius 2 is 2.21 bits per heavy atom. The lowest BCUT2D eigenvalue weighted by Crippen LogP contribution is -2.33. The summed E-state index contributed by atoms with van der Waals surface area (Å²) < 4.78 is 0. The van der Waals surface area contributed by atoms with Crippen molar-refractivity contribution in [2.75, 3.05) is 25.0 Å². The van der Waals surface area contributed by atoms with Crippen molar-refractivity contribution in [1.82, 2.24) is 10.3 Å². The van der Waals surface area contributed by atoms with Gasteiger partial charge in [-0.25, -0.2) is 4.98 Å². The van der Waals surface area contributed by atoms with Gasteiger partial charge in [-0.05, 0) is 45.3 Å². The van der Waals surface area contributed by atoms with Gasteiger partial charge in [0.05, 0.1) is 4.92 Å². The zero-order valence-electron chi connectivity index (χ0n) is 11.4. The zero-order chi connectivity index (χ0) is 13.8. The van der Waals surface area contributed by atoms with E-state index >= 15 is 0 Å². The van der Waals surface area contributed by atoms with Crippen molar-refractivity contribution in [3.05, 3.63) is 27.9 Å². The van der Waals surface area contributed by atoms with E-state index in [1.165, 1.54) is 0 Å². The molecular weight excluding hydrogens is 244 g/mol. The molecule has 1 aliphatic rings. The Bertz CT molecular complexity index is 456. The van der Waals surface area contributed by atoms with Crippen LogP contribution in [0.2, 0.25) is 0 Å². The molecule has 6 heteroatoms. The van der Waals surface area contributed by atoms with Crippen LogP contribution in [0.3, 0.4) is 0 Å². The van der Waals surface area contributed by atoms with Crippen molar-refractivity contribution >= 4 is 11.5 Å². The fraction of sp³-hybridized carbons (Fsp3) is 0.615. The van der Waals surface area contributed by atoms with E-state index in [4.69, 9.17) is 0 Å². The molecule has 0 radical (unpaired) electrons. The minimum absolute atomic E-state index is 0.0830. The molecule has 0 bridgehead atoms. The minimum Gasteiger partial charge on any atom is -0.357 e. The van der Waals surface area contributed by atoms with E-state index in [9.17, 15) is 10.1 Å². The molecule has 1 aromatic rings. The minimum atomic E-state index is -0.387. The molecule has 2 rings (SSSR count). The molecule has 2 heterocycles. The zero-order valence-corrected chi connectivity index (χ0v) is 11.4. The molecule has 1 N–H and O–H groups in total. The van der Waals surface area contributed by atoms with E-state index in [-0.39, 0.29) is 10.6 Å². The second-order valence-electron chi connectivity index (χ2n) is 4.98. The molecule has 0 amide bonds. The van der Waals surface area contributed by atoms with Gasteiger partial charge < -0.3 is 10.2 Å². The predicted molar refractivity (Wildman–Crippen MR) is 74.5 cm³/mol. The fourth-order valence-corrected chi connectivity index (χ4v) is 2.50. The van der Waals surface area contributed by atoms with Crippen LogP contribution in [-0.2, 0) is 0 Å². The second-order valence-corrected chi connectivity index (χ2v) is 4.98. The first-order chi connectivity index (χ1) is 9.09. The van der Waals surface area contributed by atoms with Gasteiger partial charge in [-0.15, -0.1) is 0 Å². The number of hydrogen-bond donors (Lipinski definition) is 1. The number of aryl methyl sites for hydroxylation is 1. The van der Waals surface area contributed by atoms with E-state index in [0.717, 1.165) is 38.2 Å². The Morgan fingerprint density at radius 1 is 1.42 bits per heavy atom. The highest BCUT2D eigenvalue weighted by atomic mass is 16.6. The maximum absolute atomic E-state index is 10.8. The van der Waals surface area contributed by atoms with E-state index in [2.05, 4.69) is 15.2 Å². The standard InChI is InChI=1S/C13H20N4O2/c1-10-12(17(18)19)5-6-13(15-10)16(2)11-4-3-8-14-9-7-11/h5-6,11,14H,3-4,7-9H2,1-2H3. The Hall–Kier alpha value is -1.69. The van der Waals surface area contributed by atoms with Gasteiger partial charge in [0, 0.05) is 19.2 Å². The largest absolute Gasteiger partial charge is 0.357 e. The lowest BCUT2D eigenvalue weighted by atomic mass is 10.1. The molecule has 19 heavy (non-hydrogen) atoms. The monoisotopic (exact) mass is 264 g/mol. The summed E-state index contributed by atoms with van der Waals surface area (Å²) in [5, 5.41) is 14.2. The van der Waals surface area contributed by atoms with E-state index in [1.54, 1.807) is 19.1 Å². The van der Waals surface area contributed by atoms with Crippen molar-refractivity contribution in [2.45, 2.75) is 32.2 Å². The molecule has 0 saturated carbocycles. The van der Waals surface area contributed by atoms with Gasteiger partial charge in [-0.1, -0.05) is 0 Å². The van der Waals surface area contributed by atoms with Crippen molar-refractivity contribution in [3.8, 4) is 0 Å². The Kier molecular flexibility index (Phi) is 4.31. The number of nitrogens with zero attached hydrogens (tertiary/aromatic N) is 3. The van der Waals surface area contributed by atoms with Crippen molar-refractivity contribution < 1.29 is 4.92 Å². The summed E-state index contributed by atoms with van der Waals surface area (Å²) in [6.45, 7) is 3.77. The molecule has 0 aliphatic carbocycles. The smallest absolute Gasteiger partial charge is 0.290 e. The van der Waals surface area contributed by atoms with Crippen molar-refractivity contribution in [2.24, 2.45) is 0 Å². The molecule has 1 unspecified atom stereocenters. The summed E-state index contributed by atoms with van der Waals surface area (Å²) in [4.78, 5) is 16.9. The molecule has 1 aromatic heterocycles. The Morgan fingerprint density at radius 3 is 2.89 bits per heavy atom. The molecular formula is C13H20N4O2. The third kappa shape index (κ3) is 3.20. The van der Waals surface area contributed by atoms with Crippen molar-refractivity contribution in [1.29, 1.82) is 0 Å². The summed E-state index contributed by atoms with van der Waals surface area (Å²) >= 11 is 0. The quantitative estimate of drug-likeness (QED) is 0.666. The Labute approximate surface area is 113 Å². The molecule has 0 spiro atoms. The molecule has 1 atom stereocenters. The molecule has 6 nitrogen and oxygen atoms in total. The van der Waals surface area contributed by atoms with Crippen LogP contribution in [0.25, 0.3) is 0 Å². The molecule has 1 saturated heterocycles. The average Bonchev–Trinajstić information content (AvgIpc) is 2.66. The summed E-state index contributed by atoms with van der Waals surface area (Å²) in [5.41, 5.74) is 0.556. The highest BCUT2D eigenvalue weighted by Crippen LogP contribution is 2.23. The molecule has 1 aliphatic heterocycles. The highest BCUT2D eigenvalue weighted by Gasteiger charge is 2.20. The maximum Gasteiger partial charge on any atom is 0.290 e. The van der Waals surface area contributed by atoms with Crippen LogP contribution in [-0.4, -0.2) is 36.1 Å². The SMILES string of the molecule is Cc1nc(N(C)C2CCCNCC2)ccc1[N+](=O)[O-]. The van der Waals surface area contributed by atoms with Crippen molar-refractivity contribution in [3.63, 3.8) is 0 Å². The van der Waals surface area contributed by atoms with Crippen LogP contribution < -0.4 is 10.2 Å². The summed E-state index contributed by atoms with van der Waals surface area (Å²) in [5.74, 6) is 0.815. The van der Waals surface area contributed by atoms with Gasteiger partial charge in [0.25, 0.3) is 5.69 Å². The summed E-state index contributed by atoms with van der Waals surface area (Å²) in [6.07, 6.45) is 3.36. The van der Waals surface area contributed by atoms with Crippen LogP contribution in [0, 0.1) is 17.0 Å². The third-order valence-electron chi connectivity index (χ3n) is 3.69. The van der Waals surface area contributed by atoms with Gasteiger partial charge in [0.1, 0.15) is 11.5 Å². The van der Waals surface area contributed by atoms with Crippen LogP contribution in [0.15, 0.2) is 12.1 Å². The van der Waals surface area contributed by atoms with Gasteiger partial charge in [-0.2, -0.15) is 0 Å². The normalized spacial score (nSPS) is 19.8. The van der Waals surface area contributed by atoms with Gasteiger partial charge >= 0.3 is 0 Å². The topological polar surface area (TPSA) is 71.3 Å². The molecule has 1 fully saturated rings. The van der Waals surface area contributed by atoms with Gasteiger partial charge in [0.2, 0.25) is 0 Å². The number of nitro groups is 1. The predicted octanol–water partition coefficient (Wildman–Crippen LogP) is 1.88.